The van der Waals surface area contributed by atoms with Crippen LogP contribution in [-0.2, 0) is 6.54 Å². The molecule has 0 spiro atoms. The van der Waals surface area contributed by atoms with Gasteiger partial charge in [-0.05, 0) is 37.3 Å². The number of rotatable bonds is 5. The van der Waals surface area contributed by atoms with E-state index < -0.39 is 0 Å². The molecule has 0 bridgehead atoms. The summed E-state index contributed by atoms with van der Waals surface area (Å²) in [5.41, 5.74) is 0.711. The molecule has 0 aliphatic heterocycles. The molecule has 5 heteroatoms. The van der Waals surface area contributed by atoms with E-state index in [4.69, 9.17) is 0 Å². The number of carbonyl (C=O) groups excluding carboxylic acids is 1. The molecule has 0 saturated carbocycles. The lowest BCUT2D eigenvalue weighted by molar-refractivity contribution is 0.0883. The lowest BCUT2D eigenvalue weighted by atomic mass is 9.82. The van der Waals surface area contributed by atoms with Crippen LogP contribution in [0.4, 0.5) is 0 Å². The van der Waals surface area contributed by atoms with E-state index in [0.717, 1.165) is 12.0 Å². The van der Waals surface area contributed by atoms with Gasteiger partial charge in [0.25, 0.3) is 11.5 Å². The predicted octanol–water partition coefficient (Wildman–Crippen LogP) is 3.24. The molecule has 2 aromatic rings. The van der Waals surface area contributed by atoms with Crippen molar-refractivity contribution in [3.63, 3.8) is 0 Å². The van der Waals surface area contributed by atoms with Crippen molar-refractivity contribution in [2.24, 2.45) is 5.41 Å². The van der Waals surface area contributed by atoms with Crippen molar-refractivity contribution >= 4 is 5.91 Å². The van der Waals surface area contributed by atoms with Crippen LogP contribution < -0.4 is 10.9 Å². The molecule has 0 fully saturated rings. The van der Waals surface area contributed by atoms with Crippen LogP contribution in [0, 0.1) is 5.41 Å². The largest absolute Gasteiger partial charge is 0.346 e. The number of nitrogens with one attached hydrogen (secondary N) is 1. The van der Waals surface area contributed by atoms with Crippen LogP contribution in [0.1, 0.15) is 57.1 Å². The van der Waals surface area contributed by atoms with E-state index >= 15 is 0 Å². The zero-order chi connectivity index (χ0) is 18.7. The van der Waals surface area contributed by atoms with Crippen molar-refractivity contribution in [3.05, 3.63) is 64.1 Å². The zero-order valence-electron chi connectivity index (χ0n) is 15.7. The first-order valence-corrected chi connectivity index (χ1v) is 8.50. The molecule has 0 unspecified atom stereocenters. The third-order valence-electron chi connectivity index (χ3n) is 3.70. The summed E-state index contributed by atoms with van der Waals surface area (Å²) in [4.78, 5) is 24.6. The van der Waals surface area contributed by atoms with E-state index in [0.29, 0.717) is 6.54 Å². The Morgan fingerprint density at radius 2 is 1.68 bits per heavy atom. The van der Waals surface area contributed by atoms with Gasteiger partial charge in [0.05, 0.1) is 6.54 Å². The van der Waals surface area contributed by atoms with Gasteiger partial charge in [-0.1, -0.05) is 51.1 Å². The summed E-state index contributed by atoms with van der Waals surface area (Å²) in [6.45, 7) is 10.7. The lowest BCUT2D eigenvalue weighted by Crippen LogP contribution is -2.46. The highest BCUT2D eigenvalue weighted by Gasteiger charge is 2.27. The molecular weight excluding hydrogens is 314 g/mol. The molecule has 1 aromatic carbocycles. The summed E-state index contributed by atoms with van der Waals surface area (Å²) >= 11 is 0. The topological polar surface area (TPSA) is 64.0 Å². The van der Waals surface area contributed by atoms with Gasteiger partial charge in [-0.2, -0.15) is 5.10 Å². The number of benzene rings is 1. The molecule has 1 amide bonds. The van der Waals surface area contributed by atoms with Crippen molar-refractivity contribution in [3.8, 4) is 0 Å². The lowest BCUT2D eigenvalue weighted by Gasteiger charge is -2.33. The second-order valence-corrected chi connectivity index (χ2v) is 8.28. The highest BCUT2D eigenvalue weighted by Crippen LogP contribution is 2.26. The minimum Gasteiger partial charge on any atom is -0.346 e. The van der Waals surface area contributed by atoms with E-state index in [9.17, 15) is 9.59 Å². The van der Waals surface area contributed by atoms with Gasteiger partial charge in [0.15, 0.2) is 0 Å². The summed E-state index contributed by atoms with van der Waals surface area (Å²) in [5.74, 6) is -0.268. The summed E-state index contributed by atoms with van der Waals surface area (Å²) in [6, 6.07) is 12.5. The Balaban J connectivity index is 2.18. The van der Waals surface area contributed by atoms with Crippen LogP contribution in [0.15, 0.2) is 47.3 Å². The molecule has 1 heterocycles. The second-order valence-electron chi connectivity index (χ2n) is 8.28. The predicted molar refractivity (Wildman–Crippen MR) is 99.7 cm³/mol. The smallest absolute Gasteiger partial charge is 0.272 e. The maximum atomic E-state index is 12.6. The minimum absolute atomic E-state index is 0.0936. The Hall–Kier alpha value is -2.43. The van der Waals surface area contributed by atoms with Gasteiger partial charge >= 0.3 is 0 Å². The molecule has 0 atom stereocenters. The van der Waals surface area contributed by atoms with Gasteiger partial charge in [0, 0.05) is 11.6 Å². The average molecular weight is 341 g/mol. The maximum absolute atomic E-state index is 12.6. The molecule has 0 radical (unpaired) electrons. The number of hydrogen-bond acceptors (Lipinski definition) is 3. The van der Waals surface area contributed by atoms with Crippen LogP contribution in [0.25, 0.3) is 0 Å². The van der Waals surface area contributed by atoms with Crippen LogP contribution in [-0.4, -0.2) is 21.2 Å². The molecule has 0 saturated heterocycles. The zero-order valence-corrected chi connectivity index (χ0v) is 15.7. The molecule has 0 aliphatic rings. The van der Waals surface area contributed by atoms with Crippen molar-refractivity contribution in [2.45, 2.75) is 53.1 Å². The molecule has 134 valence electrons. The minimum atomic E-state index is -0.364. The van der Waals surface area contributed by atoms with Crippen LogP contribution in [0.2, 0.25) is 0 Å². The van der Waals surface area contributed by atoms with Crippen LogP contribution in [0.3, 0.4) is 0 Å². The quantitative estimate of drug-likeness (QED) is 0.908. The Labute approximate surface area is 149 Å². The number of carbonyl (C=O) groups is 1. The summed E-state index contributed by atoms with van der Waals surface area (Å²) < 4.78 is 1.32. The average Bonchev–Trinajstić information content (AvgIpc) is 2.47. The third kappa shape index (κ3) is 5.85. The van der Waals surface area contributed by atoms with Crippen molar-refractivity contribution < 1.29 is 4.79 Å². The van der Waals surface area contributed by atoms with Gasteiger partial charge in [-0.25, -0.2) is 4.68 Å². The second kappa shape index (κ2) is 7.21. The van der Waals surface area contributed by atoms with E-state index in [2.05, 4.69) is 31.2 Å². The summed E-state index contributed by atoms with van der Waals surface area (Å²) in [6.07, 6.45) is 0.829. The molecular formula is C20H27N3O2. The highest BCUT2D eigenvalue weighted by atomic mass is 16.2. The van der Waals surface area contributed by atoms with Gasteiger partial charge in [0.1, 0.15) is 5.69 Å². The first kappa shape index (κ1) is 18.9. The van der Waals surface area contributed by atoms with Crippen molar-refractivity contribution in [2.75, 3.05) is 0 Å². The molecule has 1 aromatic heterocycles. The number of amides is 1. The fourth-order valence-corrected chi connectivity index (χ4v) is 3.18. The van der Waals surface area contributed by atoms with Crippen LogP contribution in [0.5, 0.6) is 0 Å². The van der Waals surface area contributed by atoms with Gasteiger partial charge in [-0.3, -0.25) is 9.59 Å². The van der Waals surface area contributed by atoms with Crippen LogP contribution >= 0.6 is 0 Å². The highest BCUT2D eigenvalue weighted by molar-refractivity contribution is 5.92. The van der Waals surface area contributed by atoms with E-state index in [-0.39, 0.29) is 28.1 Å². The van der Waals surface area contributed by atoms with Gasteiger partial charge < -0.3 is 5.32 Å². The fraction of sp³-hybridized carbons (Fsp3) is 0.450. The Kier molecular flexibility index (Phi) is 5.45. The first-order valence-electron chi connectivity index (χ1n) is 8.50. The van der Waals surface area contributed by atoms with Gasteiger partial charge in [0.2, 0.25) is 0 Å². The number of aromatic nitrogens is 2. The van der Waals surface area contributed by atoms with E-state index in [1.165, 1.54) is 16.8 Å². The Morgan fingerprint density at radius 3 is 2.28 bits per heavy atom. The first-order chi connectivity index (χ1) is 11.6. The number of hydrogen-bond donors (Lipinski definition) is 1. The maximum Gasteiger partial charge on any atom is 0.272 e. The Morgan fingerprint density at radius 1 is 1.04 bits per heavy atom. The summed E-state index contributed by atoms with van der Waals surface area (Å²) in [7, 11) is 0. The molecule has 5 nitrogen and oxygen atoms in total. The molecule has 25 heavy (non-hydrogen) atoms. The SMILES string of the molecule is CC(C)(C)CC(C)(C)NC(=O)c1ccc(=O)n(Cc2ccccc2)n1. The van der Waals surface area contributed by atoms with Crippen molar-refractivity contribution in [1.82, 2.24) is 15.1 Å². The monoisotopic (exact) mass is 341 g/mol. The molecule has 0 aliphatic carbocycles. The normalized spacial score (nSPS) is 12.0. The van der Waals surface area contributed by atoms with E-state index in [1.807, 2.05) is 44.2 Å². The molecule has 2 rings (SSSR count). The van der Waals surface area contributed by atoms with Gasteiger partial charge in [-0.15, -0.1) is 0 Å². The number of nitrogens with zero attached hydrogens (tertiary/aromatic N) is 2. The fourth-order valence-electron chi connectivity index (χ4n) is 3.18. The standard InChI is InChI=1S/C20H27N3O2/c1-19(2,3)14-20(4,5)21-18(25)16-11-12-17(24)23(22-16)13-15-9-7-6-8-10-15/h6-12H,13-14H2,1-5H3,(H,21,25). The Bertz CT molecular complexity index is 787. The summed E-state index contributed by atoms with van der Waals surface area (Å²) in [5, 5.41) is 7.26. The molecule has 1 N–H and O–H groups in total. The van der Waals surface area contributed by atoms with E-state index in [1.54, 1.807) is 0 Å². The third-order valence-corrected chi connectivity index (χ3v) is 3.70. The van der Waals surface area contributed by atoms with Crippen molar-refractivity contribution in [1.29, 1.82) is 0 Å².